The van der Waals surface area contributed by atoms with Crippen LogP contribution in [-0.4, -0.2) is 52.2 Å². The van der Waals surface area contributed by atoms with Crippen LogP contribution in [-0.2, 0) is 4.79 Å². The SMILES string of the molecule is CC(C)CC(=O)N1CCCC1COc1ccc(C(=O)O)c(C(=O)O)c1. The Bertz CT molecular complexity index is 670. The van der Waals surface area contributed by atoms with Crippen molar-refractivity contribution in [1.29, 1.82) is 0 Å². The van der Waals surface area contributed by atoms with Gasteiger partial charge in [-0.15, -0.1) is 0 Å². The third-order valence-electron chi connectivity index (χ3n) is 4.17. The molecule has 0 bridgehead atoms. The average Bonchev–Trinajstić information content (AvgIpc) is 3.00. The first kappa shape index (κ1) is 18.8. The standard InChI is InChI=1S/C18H23NO6/c1-11(2)8-16(20)19-7-3-4-12(19)10-25-13-5-6-14(17(21)22)15(9-13)18(23)24/h5-6,9,11-12H,3-4,7-8,10H2,1-2H3,(H,21,22)(H,23,24). The topological polar surface area (TPSA) is 104 Å². The third-order valence-corrected chi connectivity index (χ3v) is 4.17. The summed E-state index contributed by atoms with van der Waals surface area (Å²) in [5.41, 5.74) is -0.599. The molecule has 136 valence electrons. The van der Waals surface area contributed by atoms with Crippen molar-refractivity contribution in [2.75, 3.05) is 13.2 Å². The van der Waals surface area contributed by atoms with E-state index in [1.54, 1.807) is 0 Å². The summed E-state index contributed by atoms with van der Waals surface area (Å²) in [4.78, 5) is 36.4. The first-order valence-electron chi connectivity index (χ1n) is 8.32. The fraction of sp³-hybridized carbons (Fsp3) is 0.500. The Hall–Kier alpha value is -2.57. The second-order valence-corrected chi connectivity index (χ2v) is 6.61. The quantitative estimate of drug-likeness (QED) is 0.784. The molecule has 1 aromatic carbocycles. The summed E-state index contributed by atoms with van der Waals surface area (Å²) >= 11 is 0. The predicted molar refractivity (Wildman–Crippen MR) is 90.0 cm³/mol. The van der Waals surface area contributed by atoms with Crippen molar-refractivity contribution in [3.05, 3.63) is 29.3 Å². The zero-order valence-corrected chi connectivity index (χ0v) is 14.4. The molecule has 1 fully saturated rings. The van der Waals surface area contributed by atoms with Gasteiger partial charge in [0.2, 0.25) is 5.91 Å². The third kappa shape index (κ3) is 4.71. The lowest BCUT2D eigenvalue weighted by molar-refractivity contribution is -0.133. The molecule has 0 saturated carbocycles. The minimum atomic E-state index is -1.32. The number of benzene rings is 1. The van der Waals surface area contributed by atoms with Gasteiger partial charge < -0.3 is 19.8 Å². The number of carbonyl (C=O) groups is 3. The molecule has 1 unspecified atom stereocenters. The fourth-order valence-corrected chi connectivity index (χ4v) is 2.97. The highest BCUT2D eigenvalue weighted by atomic mass is 16.5. The smallest absolute Gasteiger partial charge is 0.336 e. The number of amides is 1. The van der Waals surface area contributed by atoms with E-state index >= 15 is 0 Å². The second-order valence-electron chi connectivity index (χ2n) is 6.61. The molecule has 1 heterocycles. The van der Waals surface area contributed by atoms with E-state index in [4.69, 9.17) is 14.9 Å². The molecule has 1 aromatic rings. The number of aromatic carboxylic acids is 2. The number of rotatable bonds is 7. The van der Waals surface area contributed by atoms with Crippen LogP contribution < -0.4 is 4.74 Å². The number of likely N-dealkylation sites (tertiary alicyclic amines) is 1. The average molecular weight is 349 g/mol. The normalized spacial score (nSPS) is 16.9. The summed E-state index contributed by atoms with van der Waals surface area (Å²) < 4.78 is 5.65. The maximum absolute atomic E-state index is 12.3. The van der Waals surface area contributed by atoms with Gasteiger partial charge in [0.1, 0.15) is 12.4 Å². The number of nitrogens with zero attached hydrogens (tertiary/aromatic N) is 1. The van der Waals surface area contributed by atoms with E-state index in [1.165, 1.54) is 18.2 Å². The number of carboxylic acid groups (broad SMARTS) is 2. The van der Waals surface area contributed by atoms with Gasteiger partial charge in [-0.25, -0.2) is 9.59 Å². The summed E-state index contributed by atoms with van der Waals surface area (Å²) in [6.45, 7) is 4.96. The highest BCUT2D eigenvalue weighted by Crippen LogP contribution is 2.23. The van der Waals surface area contributed by atoms with E-state index in [9.17, 15) is 14.4 Å². The number of carbonyl (C=O) groups excluding carboxylic acids is 1. The summed E-state index contributed by atoms with van der Waals surface area (Å²) in [6.07, 6.45) is 2.24. The zero-order chi connectivity index (χ0) is 18.6. The van der Waals surface area contributed by atoms with Gasteiger partial charge in [-0.1, -0.05) is 13.8 Å². The molecule has 1 atom stereocenters. The van der Waals surface area contributed by atoms with Crippen LogP contribution in [0, 0.1) is 5.92 Å². The van der Waals surface area contributed by atoms with E-state index in [1.807, 2.05) is 18.7 Å². The van der Waals surface area contributed by atoms with Crippen LogP contribution in [0.25, 0.3) is 0 Å². The van der Waals surface area contributed by atoms with E-state index in [2.05, 4.69) is 0 Å². The Kier molecular flexibility index (Phi) is 6.01. The molecule has 0 radical (unpaired) electrons. The minimum absolute atomic E-state index is 0.0429. The molecule has 0 aromatic heterocycles. The second kappa shape index (κ2) is 8.00. The minimum Gasteiger partial charge on any atom is -0.491 e. The Morgan fingerprint density at radius 1 is 1.20 bits per heavy atom. The van der Waals surface area contributed by atoms with Crippen molar-refractivity contribution < 1.29 is 29.3 Å². The first-order valence-corrected chi connectivity index (χ1v) is 8.32. The van der Waals surface area contributed by atoms with Crippen LogP contribution in [0.4, 0.5) is 0 Å². The first-order chi connectivity index (χ1) is 11.8. The Morgan fingerprint density at radius 3 is 2.48 bits per heavy atom. The Morgan fingerprint density at radius 2 is 1.88 bits per heavy atom. The summed E-state index contributed by atoms with van der Waals surface area (Å²) in [5, 5.41) is 18.2. The summed E-state index contributed by atoms with van der Waals surface area (Å²) in [5.74, 6) is -1.95. The summed E-state index contributed by atoms with van der Waals surface area (Å²) in [6, 6.07) is 3.82. The maximum atomic E-state index is 12.3. The predicted octanol–water partition coefficient (Wildman–Crippen LogP) is 2.50. The highest BCUT2D eigenvalue weighted by molar-refractivity contribution is 6.02. The molecule has 7 nitrogen and oxygen atoms in total. The van der Waals surface area contributed by atoms with Gasteiger partial charge >= 0.3 is 11.9 Å². The molecular formula is C18H23NO6. The van der Waals surface area contributed by atoms with Crippen molar-refractivity contribution in [3.63, 3.8) is 0 Å². The molecule has 0 aliphatic carbocycles. The molecule has 2 rings (SSSR count). The van der Waals surface area contributed by atoms with Crippen molar-refractivity contribution in [2.24, 2.45) is 5.92 Å². The molecule has 1 amide bonds. The molecule has 25 heavy (non-hydrogen) atoms. The van der Waals surface area contributed by atoms with Crippen molar-refractivity contribution in [1.82, 2.24) is 4.90 Å². The molecule has 7 heteroatoms. The van der Waals surface area contributed by atoms with Crippen LogP contribution in [0.1, 0.15) is 53.8 Å². The molecule has 1 saturated heterocycles. The van der Waals surface area contributed by atoms with Crippen LogP contribution in [0.5, 0.6) is 5.75 Å². The van der Waals surface area contributed by atoms with Crippen LogP contribution in [0.15, 0.2) is 18.2 Å². The van der Waals surface area contributed by atoms with Crippen LogP contribution >= 0.6 is 0 Å². The molecule has 1 aliphatic rings. The van der Waals surface area contributed by atoms with E-state index < -0.39 is 11.9 Å². The number of hydrogen-bond acceptors (Lipinski definition) is 4. The molecule has 0 spiro atoms. The lowest BCUT2D eigenvalue weighted by atomic mass is 10.1. The fourth-order valence-electron chi connectivity index (χ4n) is 2.97. The Balaban J connectivity index is 2.05. The lowest BCUT2D eigenvalue weighted by Crippen LogP contribution is -2.39. The van der Waals surface area contributed by atoms with Gasteiger partial charge in [-0.3, -0.25) is 4.79 Å². The number of carboxylic acids is 2. The van der Waals surface area contributed by atoms with Crippen molar-refractivity contribution in [2.45, 2.75) is 39.2 Å². The molecule has 2 N–H and O–H groups in total. The molecular weight excluding hydrogens is 326 g/mol. The van der Waals surface area contributed by atoms with E-state index in [0.717, 1.165) is 12.8 Å². The van der Waals surface area contributed by atoms with E-state index in [0.29, 0.717) is 13.0 Å². The summed E-state index contributed by atoms with van der Waals surface area (Å²) in [7, 11) is 0. The maximum Gasteiger partial charge on any atom is 0.336 e. The number of hydrogen-bond donors (Lipinski definition) is 2. The number of ether oxygens (including phenoxy) is 1. The van der Waals surface area contributed by atoms with Crippen molar-refractivity contribution >= 4 is 17.8 Å². The van der Waals surface area contributed by atoms with Gasteiger partial charge in [0, 0.05) is 13.0 Å². The zero-order valence-electron chi connectivity index (χ0n) is 14.4. The van der Waals surface area contributed by atoms with Gasteiger partial charge in [0.15, 0.2) is 0 Å². The highest BCUT2D eigenvalue weighted by Gasteiger charge is 2.29. The largest absolute Gasteiger partial charge is 0.491 e. The van der Waals surface area contributed by atoms with Crippen LogP contribution in [0.3, 0.4) is 0 Å². The monoisotopic (exact) mass is 349 g/mol. The van der Waals surface area contributed by atoms with Gasteiger partial charge in [-0.2, -0.15) is 0 Å². The molecule has 1 aliphatic heterocycles. The van der Waals surface area contributed by atoms with Crippen molar-refractivity contribution in [3.8, 4) is 5.75 Å². The van der Waals surface area contributed by atoms with Gasteiger partial charge in [-0.05, 0) is 37.0 Å². The van der Waals surface area contributed by atoms with Gasteiger partial charge in [0.25, 0.3) is 0 Å². The Labute approximate surface area is 146 Å². The van der Waals surface area contributed by atoms with Gasteiger partial charge in [0.05, 0.1) is 17.2 Å². The van der Waals surface area contributed by atoms with E-state index in [-0.39, 0.29) is 41.4 Å². The van der Waals surface area contributed by atoms with Crippen LogP contribution in [0.2, 0.25) is 0 Å². The lowest BCUT2D eigenvalue weighted by Gasteiger charge is -2.25.